The van der Waals surface area contributed by atoms with Gasteiger partial charge in [0.1, 0.15) is 12.3 Å². The lowest BCUT2D eigenvalue weighted by Crippen LogP contribution is -2.57. The molecule has 2 aromatic rings. The van der Waals surface area contributed by atoms with Gasteiger partial charge in [0.25, 0.3) is 0 Å². The number of nitrogens with zero attached hydrogens (tertiary/aromatic N) is 2. The first-order chi connectivity index (χ1) is 17.5. The summed E-state index contributed by atoms with van der Waals surface area (Å²) in [4.78, 5) is 28.8. The van der Waals surface area contributed by atoms with Crippen LogP contribution >= 0.6 is 0 Å². The van der Waals surface area contributed by atoms with E-state index in [4.69, 9.17) is 16.0 Å². The topological polar surface area (TPSA) is 161 Å². The predicted octanol–water partition coefficient (Wildman–Crippen LogP) is 1.05. The Morgan fingerprint density at radius 3 is 2.46 bits per heavy atom. The molecule has 0 saturated heterocycles. The zero-order valence-corrected chi connectivity index (χ0v) is 21.4. The van der Waals surface area contributed by atoms with Gasteiger partial charge in [-0.05, 0) is 47.4 Å². The molecule has 0 saturated carbocycles. The zero-order valence-electron chi connectivity index (χ0n) is 21.4. The highest BCUT2D eigenvalue weighted by molar-refractivity contribution is 6.05. The van der Waals surface area contributed by atoms with Gasteiger partial charge in [-0.1, -0.05) is 57.2 Å². The van der Waals surface area contributed by atoms with Crippen LogP contribution in [0.4, 0.5) is 0 Å². The van der Waals surface area contributed by atoms with E-state index in [-0.39, 0.29) is 12.5 Å². The standard InChI is InChI=1S/C28H35N5O4/c1-28(2,3)24(27(37)32-16-22(34)25(30)35)33-26(36)23-21-7-5-4-6-20(21)13-19(15-31-23)12-17-8-10-18(14-29)11-9-17/h4-11,19,22,24,26,33-34,36H,12-13,15-16H2,1-3H3,(H2,30,35)(H,32,37). The van der Waals surface area contributed by atoms with Crippen LogP contribution in [-0.4, -0.2) is 59.2 Å². The number of aliphatic imine (C=N–C) groups is 1. The fourth-order valence-electron chi connectivity index (χ4n) is 4.41. The molecule has 3 rings (SSSR count). The molecule has 0 spiro atoms. The number of aliphatic hydroxyl groups is 2. The van der Waals surface area contributed by atoms with E-state index < -0.39 is 35.6 Å². The Balaban J connectivity index is 1.80. The third kappa shape index (κ3) is 7.46. The number of carbonyl (C=O) groups is 2. The van der Waals surface area contributed by atoms with Gasteiger partial charge in [0.05, 0.1) is 29.9 Å². The van der Waals surface area contributed by atoms with Crippen molar-refractivity contribution in [3.63, 3.8) is 0 Å². The Labute approximate surface area is 217 Å². The van der Waals surface area contributed by atoms with Gasteiger partial charge in [-0.2, -0.15) is 5.26 Å². The first-order valence-corrected chi connectivity index (χ1v) is 12.3. The van der Waals surface area contributed by atoms with E-state index in [9.17, 15) is 19.8 Å². The highest BCUT2D eigenvalue weighted by Gasteiger charge is 2.35. The van der Waals surface area contributed by atoms with Crippen LogP contribution in [0.1, 0.15) is 43.0 Å². The van der Waals surface area contributed by atoms with Gasteiger partial charge in [-0.15, -0.1) is 0 Å². The molecule has 0 aliphatic carbocycles. The predicted molar refractivity (Wildman–Crippen MR) is 140 cm³/mol. The maximum atomic E-state index is 12.9. The molecule has 37 heavy (non-hydrogen) atoms. The molecule has 6 N–H and O–H groups in total. The van der Waals surface area contributed by atoms with Gasteiger partial charge >= 0.3 is 0 Å². The summed E-state index contributed by atoms with van der Waals surface area (Å²) >= 11 is 0. The van der Waals surface area contributed by atoms with Crippen LogP contribution in [-0.2, 0) is 22.4 Å². The number of nitrogens with two attached hydrogens (primary N) is 1. The normalized spacial score (nSPS) is 17.8. The average molecular weight is 506 g/mol. The number of nitriles is 1. The summed E-state index contributed by atoms with van der Waals surface area (Å²) in [6, 6.07) is 16.6. The Morgan fingerprint density at radius 1 is 1.16 bits per heavy atom. The molecule has 2 aromatic carbocycles. The molecular formula is C28H35N5O4. The Kier molecular flexibility index (Phi) is 9.16. The van der Waals surface area contributed by atoms with Crippen molar-refractivity contribution in [2.24, 2.45) is 22.1 Å². The molecule has 4 unspecified atom stereocenters. The fraction of sp³-hybridized carbons (Fsp3) is 0.429. The molecule has 0 bridgehead atoms. The van der Waals surface area contributed by atoms with Crippen molar-refractivity contribution in [3.05, 3.63) is 70.8 Å². The van der Waals surface area contributed by atoms with Gasteiger partial charge in [0.2, 0.25) is 11.8 Å². The Morgan fingerprint density at radius 2 is 1.84 bits per heavy atom. The summed E-state index contributed by atoms with van der Waals surface area (Å²) < 4.78 is 0. The summed E-state index contributed by atoms with van der Waals surface area (Å²) in [5.41, 5.74) is 8.53. The molecular weight excluding hydrogens is 470 g/mol. The van der Waals surface area contributed by atoms with E-state index in [0.717, 1.165) is 29.5 Å². The number of fused-ring (bicyclic) bond motifs is 1. The second-order valence-electron chi connectivity index (χ2n) is 10.5. The van der Waals surface area contributed by atoms with Crippen molar-refractivity contribution in [1.82, 2.24) is 10.6 Å². The number of rotatable bonds is 9. The lowest BCUT2D eigenvalue weighted by Gasteiger charge is -2.33. The molecule has 1 heterocycles. The van der Waals surface area contributed by atoms with Crippen LogP contribution in [0.5, 0.6) is 0 Å². The van der Waals surface area contributed by atoms with Crippen LogP contribution in [0.15, 0.2) is 53.5 Å². The minimum atomic E-state index is -1.50. The summed E-state index contributed by atoms with van der Waals surface area (Å²) in [5.74, 6) is -1.22. The highest BCUT2D eigenvalue weighted by Crippen LogP contribution is 2.25. The van der Waals surface area contributed by atoms with Crippen molar-refractivity contribution >= 4 is 17.5 Å². The monoisotopic (exact) mass is 505 g/mol. The van der Waals surface area contributed by atoms with Gasteiger partial charge in [0.15, 0.2) is 0 Å². The third-order valence-corrected chi connectivity index (χ3v) is 6.44. The maximum absolute atomic E-state index is 12.9. The molecule has 2 amide bonds. The molecule has 1 aliphatic rings. The minimum Gasteiger partial charge on any atom is -0.381 e. The number of amides is 2. The number of carbonyl (C=O) groups excluding carboxylic acids is 2. The highest BCUT2D eigenvalue weighted by atomic mass is 16.3. The number of hydrogen-bond donors (Lipinski definition) is 5. The van der Waals surface area contributed by atoms with Crippen molar-refractivity contribution in [1.29, 1.82) is 5.26 Å². The summed E-state index contributed by atoms with van der Waals surface area (Å²) in [7, 11) is 0. The van der Waals surface area contributed by atoms with E-state index in [2.05, 4.69) is 16.7 Å². The van der Waals surface area contributed by atoms with E-state index in [1.165, 1.54) is 0 Å². The molecule has 4 atom stereocenters. The number of benzene rings is 2. The maximum Gasteiger partial charge on any atom is 0.248 e. The van der Waals surface area contributed by atoms with Gasteiger partial charge in [-0.25, -0.2) is 0 Å². The minimum absolute atomic E-state index is 0.191. The SMILES string of the molecule is CC(C)(C)C(NC(O)C1=NCC(Cc2ccc(C#N)cc2)Cc2ccccc21)C(=O)NCC(O)C(N)=O. The van der Waals surface area contributed by atoms with E-state index in [1.54, 1.807) is 0 Å². The number of primary amides is 1. The van der Waals surface area contributed by atoms with E-state index in [1.807, 2.05) is 69.3 Å². The van der Waals surface area contributed by atoms with Gasteiger partial charge < -0.3 is 21.3 Å². The number of aliphatic hydroxyl groups excluding tert-OH is 2. The quantitative estimate of drug-likeness (QED) is 0.320. The number of nitrogens with one attached hydrogen (secondary N) is 2. The van der Waals surface area contributed by atoms with Gasteiger partial charge in [-0.3, -0.25) is 19.9 Å². The van der Waals surface area contributed by atoms with Gasteiger partial charge in [0, 0.05) is 12.1 Å². The molecule has 0 aromatic heterocycles. The Bertz CT molecular complexity index is 1180. The second-order valence-corrected chi connectivity index (χ2v) is 10.5. The van der Waals surface area contributed by atoms with Crippen molar-refractivity contribution in [2.75, 3.05) is 13.1 Å². The third-order valence-electron chi connectivity index (χ3n) is 6.44. The number of hydrogen-bond acceptors (Lipinski definition) is 7. The molecule has 1 aliphatic heterocycles. The van der Waals surface area contributed by atoms with Crippen molar-refractivity contribution in [3.8, 4) is 6.07 Å². The molecule has 9 heteroatoms. The largest absolute Gasteiger partial charge is 0.381 e. The summed E-state index contributed by atoms with van der Waals surface area (Å²) in [6.45, 7) is 5.70. The summed E-state index contributed by atoms with van der Waals surface area (Å²) in [6.07, 6.45) is -1.19. The zero-order chi connectivity index (χ0) is 27.2. The molecule has 196 valence electrons. The second kappa shape index (κ2) is 12.1. The summed E-state index contributed by atoms with van der Waals surface area (Å²) in [5, 5.41) is 35.5. The van der Waals surface area contributed by atoms with Crippen LogP contribution in [0.25, 0.3) is 0 Å². The molecule has 9 nitrogen and oxygen atoms in total. The lowest BCUT2D eigenvalue weighted by atomic mass is 9.85. The lowest BCUT2D eigenvalue weighted by molar-refractivity contribution is -0.129. The average Bonchev–Trinajstić information content (AvgIpc) is 3.04. The van der Waals surface area contributed by atoms with E-state index >= 15 is 0 Å². The Hall–Kier alpha value is -3.58. The molecule has 0 fully saturated rings. The smallest absolute Gasteiger partial charge is 0.248 e. The van der Waals surface area contributed by atoms with Crippen molar-refractivity contribution < 1.29 is 19.8 Å². The van der Waals surface area contributed by atoms with Crippen molar-refractivity contribution in [2.45, 2.75) is 52.0 Å². The fourth-order valence-corrected chi connectivity index (χ4v) is 4.41. The van der Waals surface area contributed by atoms with Crippen LogP contribution in [0.3, 0.4) is 0 Å². The van der Waals surface area contributed by atoms with Crippen LogP contribution < -0.4 is 16.4 Å². The molecule has 0 radical (unpaired) electrons. The van der Waals surface area contributed by atoms with Crippen LogP contribution in [0.2, 0.25) is 0 Å². The van der Waals surface area contributed by atoms with E-state index in [0.29, 0.717) is 17.8 Å². The first kappa shape index (κ1) is 28.0. The van der Waals surface area contributed by atoms with Crippen LogP contribution in [0, 0.1) is 22.7 Å². The first-order valence-electron chi connectivity index (χ1n) is 12.3.